The third-order valence-electron chi connectivity index (χ3n) is 3.55. The lowest BCUT2D eigenvalue weighted by molar-refractivity contribution is 0.229. The molecule has 1 heterocycles. The molecular weight excluding hydrogens is 202 g/mol. The molecule has 1 fully saturated rings. The Morgan fingerprint density at radius 2 is 2.00 bits per heavy atom. The zero-order valence-electron chi connectivity index (χ0n) is 10.4. The van der Waals surface area contributed by atoms with E-state index in [1.165, 1.54) is 0 Å². The molecule has 0 saturated heterocycles. The first kappa shape index (κ1) is 11.6. The van der Waals surface area contributed by atoms with Crippen molar-refractivity contribution in [1.82, 2.24) is 10.1 Å². The van der Waals surface area contributed by atoms with Gasteiger partial charge < -0.3 is 10.3 Å². The molecule has 1 aliphatic carbocycles. The van der Waals surface area contributed by atoms with Crippen LogP contribution in [0.15, 0.2) is 4.52 Å². The Balaban J connectivity index is 2.16. The number of nitrogens with zero attached hydrogens (tertiary/aromatic N) is 2. The van der Waals surface area contributed by atoms with Gasteiger partial charge in [0.05, 0.1) is 5.54 Å². The topological polar surface area (TPSA) is 64.9 Å². The van der Waals surface area contributed by atoms with Gasteiger partial charge in [-0.15, -0.1) is 0 Å². The molecule has 0 atom stereocenters. The van der Waals surface area contributed by atoms with Gasteiger partial charge in [-0.1, -0.05) is 25.9 Å². The average Bonchev–Trinajstić information content (AvgIpc) is 2.72. The molecule has 90 valence electrons. The largest absolute Gasteiger partial charge is 0.339 e. The van der Waals surface area contributed by atoms with Crippen molar-refractivity contribution in [1.29, 1.82) is 0 Å². The Morgan fingerprint density at radius 3 is 2.50 bits per heavy atom. The monoisotopic (exact) mass is 223 g/mol. The molecule has 2 rings (SSSR count). The highest BCUT2D eigenvalue weighted by Gasteiger charge is 2.36. The summed E-state index contributed by atoms with van der Waals surface area (Å²) in [6.45, 7) is 6.36. The average molecular weight is 223 g/mol. The third-order valence-corrected chi connectivity index (χ3v) is 3.55. The smallest absolute Gasteiger partial charge is 0.229 e. The number of hydrogen-bond donors (Lipinski definition) is 1. The number of nitrogens with two attached hydrogens (primary N) is 1. The van der Waals surface area contributed by atoms with Crippen molar-refractivity contribution in [2.75, 3.05) is 0 Å². The normalized spacial score (nSPS) is 30.9. The SMILES string of the molecule is CC1CCC(N)(c2noc(C(C)C)n2)CC1. The molecule has 0 bridgehead atoms. The molecular formula is C12H21N3O. The lowest BCUT2D eigenvalue weighted by Crippen LogP contribution is -2.41. The first-order chi connectivity index (χ1) is 7.51. The van der Waals surface area contributed by atoms with Gasteiger partial charge in [-0.2, -0.15) is 4.98 Å². The fourth-order valence-corrected chi connectivity index (χ4v) is 2.17. The van der Waals surface area contributed by atoms with E-state index < -0.39 is 0 Å². The second kappa shape index (κ2) is 4.17. The molecule has 1 saturated carbocycles. The van der Waals surface area contributed by atoms with Crippen LogP contribution in [0.4, 0.5) is 0 Å². The van der Waals surface area contributed by atoms with Gasteiger partial charge >= 0.3 is 0 Å². The van der Waals surface area contributed by atoms with Crippen molar-refractivity contribution >= 4 is 0 Å². The highest BCUT2D eigenvalue weighted by atomic mass is 16.5. The Labute approximate surface area is 96.6 Å². The summed E-state index contributed by atoms with van der Waals surface area (Å²) in [6, 6.07) is 0. The van der Waals surface area contributed by atoms with Gasteiger partial charge in [-0.3, -0.25) is 0 Å². The van der Waals surface area contributed by atoms with Gasteiger partial charge in [-0.05, 0) is 31.6 Å². The second-order valence-corrected chi connectivity index (χ2v) is 5.45. The molecule has 0 radical (unpaired) electrons. The van der Waals surface area contributed by atoms with Crippen LogP contribution in [0.1, 0.15) is 64.1 Å². The summed E-state index contributed by atoms with van der Waals surface area (Å²) in [6.07, 6.45) is 4.24. The van der Waals surface area contributed by atoms with Gasteiger partial charge in [0.2, 0.25) is 5.89 Å². The Morgan fingerprint density at radius 1 is 1.38 bits per heavy atom. The van der Waals surface area contributed by atoms with E-state index in [9.17, 15) is 0 Å². The van der Waals surface area contributed by atoms with E-state index in [0.717, 1.165) is 31.6 Å². The van der Waals surface area contributed by atoms with E-state index >= 15 is 0 Å². The minimum absolute atomic E-state index is 0.271. The summed E-state index contributed by atoms with van der Waals surface area (Å²) >= 11 is 0. The first-order valence-corrected chi connectivity index (χ1v) is 6.14. The molecule has 1 aromatic heterocycles. The van der Waals surface area contributed by atoms with Gasteiger partial charge in [0.15, 0.2) is 5.82 Å². The van der Waals surface area contributed by atoms with Gasteiger partial charge in [0, 0.05) is 5.92 Å². The zero-order chi connectivity index (χ0) is 11.8. The lowest BCUT2D eigenvalue weighted by Gasteiger charge is -2.33. The molecule has 0 aromatic carbocycles. The van der Waals surface area contributed by atoms with E-state index in [1.807, 2.05) is 13.8 Å². The van der Waals surface area contributed by atoms with E-state index in [-0.39, 0.29) is 11.5 Å². The zero-order valence-corrected chi connectivity index (χ0v) is 10.4. The van der Waals surface area contributed by atoms with Crippen LogP contribution in [0.2, 0.25) is 0 Å². The highest BCUT2D eigenvalue weighted by Crippen LogP contribution is 2.36. The molecule has 4 nitrogen and oxygen atoms in total. The standard InChI is InChI=1S/C12H21N3O/c1-8(2)10-14-11(15-16-10)12(13)6-4-9(3)5-7-12/h8-9H,4-7,13H2,1-3H3. The Bertz CT molecular complexity index is 351. The number of hydrogen-bond acceptors (Lipinski definition) is 4. The molecule has 1 aromatic rings. The predicted octanol–water partition coefficient (Wildman–Crippen LogP) is 2.56. The molecule has 4 heteroatoms. The van der Waals surface area contributed by atoms with Crippen LogP contribution in [0.25, 0.3) is 0 Å². The van der Waals surface area contributed by atoms with E-state index in [4.69, 9.17) is 10.3 Å². The fraction of sp³-hybridized carbons (Fsp3) is 0.833. The number of aromatic nitrogens is 2. The molecule has 0 amide bonds. The summed E-state index contributed by atoms with van der Waals surface area (Å²) in [4.78, 5) is 4.43. The molecule has 1 aliphatic rings. The third kappa shape index (κ3) is 2.12. The minimum Gasteiger partial charge on any atom is -0.339 e. The summed E-state index contributed by atoms with van der Waals surface area (Å²) in [5.74, 6) is 2.43. The van der Waals surface area contributed by atoms with E-state index in [0.29, 0.717) is 11.7 Å². The van der Waals surface area contributed by atoms with E-state index in [2.05, 4.69) is 17.1 Å². The summed E-state index contributed by atoms with van der Waals surface area (Å²) in [5.41, 5.74) is 6.01. The maximum atomic E-state index is 6.37. The van der Waals surface area contributed by atoms with Crippen molar-refractivity contribution < 1.29 is 4.52 Å². The Hall–Kier alpha value is -0.900. The summed E-state index contributed by atoms with van der Waals surface area (Å²) in [5, 5.41) is 4.05. The maximum absolute atomic E-state index is 6.37. The van der Waals surface area contributed by atoms with E-state index in [1.54, 1.807) is 0 Å². The van der Waals surface area contributed by atoms with Crippen LogP contribution in [0, 0.1) is 5.92 Å². The molecule has 2 N–H and O–H groups in total. The van der Waals surface area contributed by atoms with Crippen molar-refractivity contribution in [3.05, 3.63) is 11.7 Å². The van der Waals surface area contributed by atoms with Crippen LogP contribution in [0.3, 0.4) is 0 Å². The van der Waals surface area contributed by atoms with Crippen molar-refractivity contribution in [3.63, 3.8) is 0 Å². The van der Waals surface area contributed by atoms with Crippen LogP contribution in [-0.4, -0.2) is 10.1 Å². The lowest BCUT2D eigenvalue weighted by atomic mass is 9.77. The van der Waals surface area contributed by atoms with Crippen LogP contribution < -0.4 is 5.73 Å². The molecule has 0 unspecified atom stereocenters. The van der Waals surface area contributed by atoms with Gasteiger partial charge in [-0.25, -0.2) is 0 Å². The van der Waals surface area contributed by atoms with Gasteiger partial charge in [0.1, 0.15) is 0 Å². The quantitative estimate of drug-likeness (QED) is 0.836. The fourth-order valence-electron chi connectivity index (χ4n) is 2.17. The predicted molar refractivity (Wildman–Crippen MR) is 61.9 cm³/mol. The van der Waals surface area contributed by atoms with Crippen LogP contribution in [-0.2, 0) is 5.54 Å². The van der Waals surface area contributed by atoms with Gasteiger partial charge in [0.25, 0.3) is 0 Å². The maximum Gasteiger partial charge on any atom is 0.229 e. The molecule has 0 spiro atoms. The van der Waals surface area contributed by atoms with Crippen molar-refractivity contribution in [3.8, 4) is 0 Å². The van der Waals surface area contributed by atoms with Crippen LogP contribution >= 0.6 is 0 Å². The first-order valence-electron chi connectivity index (χ1n) is 6.14. The van der Waals surface area contributed by atoms with Crippen LogP contribution in [0.5, 0.6) is 0 Å². The highest BCUT2D eigenvalue weighted by molar-refractivity contribution is 5.06. The second-order valence-electron chi connectivity index (χ2n) is 5.45. The minimum atomic E-state index is -0.358. The summed E-state index contributed by atoms with van der Waals surface area (Å²) < 4.78 is 5.23. The van der Waals surface area contributed by atoms with Crippen molar-refractivity contribution in [2.45, 2.75) is 57.9 Å². The molecule has 16 heavy (non-hydrogen) atoms. The van der Waals surface area contributed by atoms with Crippen molar-refractivity contribution in [2.24, 2.45) is 11.7 Å². The molecule has 0 aliphatic heterocycles. The summed E-state index contributed by atoms with van der Waals surface area (Å²) in [7, 11) is 0. The number of rotatable bonds is 2. The Kier molecular flexibility index (Phi) is 3.02.